The SMILES string of the molecule is COS(=O)(=O)c1ccc(Oc2cccc3c2C(=O)c2ccccc2C3=O)cc1. The van der Waals surface area contributed by atoms with Crippen LogP contribution in [-0.2, 0) is 14.3 Å². The molecular formula is C21H14O6S. The second-order valence-corrected chi connectivity index (χ2v) is 7.79. The van der Waals surface area contributed by atoms with Gasteiger partial charge in [0, 0.05) is 16.7 Å². The van der Waals surface area contributed by atoms with E-state index in [4.69, 9.17) is 4.74 Å². The molecule has 140 valence electrons. The molecule has 0 unspecified atom stereocenters. The average molecular weight is 394 g/mol. The quantitative estimate of drug-likeness (QED) is 0.492. The molecule has 7 heteroatoms. The first-order valence-electron chi connectivity index (χ1n) is 8.32. The Balaban J connectivity index is 1.74. The molecule has 1 aliphatic carbocycles. The third-order valence-corrected chi connectivity index (χ3v) is 5.76. The number of carbonyl (C=O) groups is 2. The summed E-state index contributed by atoms with van der Waals surface area (Å²) < 4.78 is 33.7. The Kier molecular flexibility index (Phi) is 4.33. The van der Waals surface area contributed by atoms with E-state index in [1.165, 1.54) is 24.3 Å². The molecule has 0 bridgehead atoms. The summed E-state index contributed by atoms with van der Waals surface area (Å²) in [6, 6.07) is 17.1. The first-order valence-corrected chi connectivity index (χ1v) is 9.73. The molecule has 0 fully saturated rings. The molecule has 6 nitrogen and oxygen atoms in total. The van der Waals surface area contributed by atoms with E-state index in [0.29, 0.717) is 16.9 Å². The van der Waals surface area contributed by atoms with Gasteiger partial charge in [-0.3, -0.25) is 13.8 Å². The molecule has 0 aromatic heterocycles. The van der Waals surface area contributed by atoms with Crippen LogP contribution in [0.5, 0.6) is 11.5 Å². The summed E-state index contributed by atoms with van der Waals surface area (Å²) in [5.41, 5.74) is 1.17. The van der Waals surface area contributed by atoms with Crippen LogP contribution in [0.15, 0.2) is 71.6 Å². The monoisotopic (exact) mass is 394 g/mol. The minimum Gasteiger partial charge on any atom is -0.457 e. The molecule has 0 saturated heterocycles. The van der Waals surface area contributed by atoms with Crippen molar-refractivity contribution in [3.8, 4) is 11.5 Å². The lowest BCUT2D eigenvalue weighted by molar-refractivity contribution is 0.0977. The van der Waals surface area contributed by atoms with Gasteiger partial charge in [0.25, 0.3) is 10.1 Å². The van der Waals surface area contributed by atoms with Crippen LogP contribution < -0.4 is 4.74 Å². The molecular weight excluding hydrogens is 380 g/mol. The van der Waals surface area contributed by atoms with Gasteiger partial charge in [-0.05, 0) is 30.3 Å². The van der Waals surface area contributed by atoms with Crippen LogP contribution in [0.4, 0.5) is 0 Å². The van der Waals surface area contributed by atoms with E-state index in [-0.39, 0.29) is 33.3 Å². The topological polar surface area (TPSA) is 86.7 Å². The Bertz CT molecular complexity index is 1210. The van der Waals surface area contributed by atoms with Crippen LogP contribution in [0, 0.1) is 0 Å². The van der Waals surface area contributed by atoms with Crippen molar-refractivity contribution in [1.29, 1.82) is 0 Å². The fourth-order valence-corrected chi connectivity index (χ4v) is 3.76. The molecule has 0 N–H and O–H groups in total. The van der Waals surface area contributed by atoms with Crippen molar-refractivity contribution in [1.82, 2.24) is 0 Å². The summed E-state index contributed by atoms with van der Waals surface area (Å²) >= 11 is 0. The van der Waals surface area contributed by atoms with E-state index in [1.54, 1.807) is 42.5 Å². The number of benzene rings is 3. The number of hydrogen-bond donors (Lipinski definition) is 0. The number of ether oxygens (including phenoxy) is 1. The summed E-state index contributed by atoms with van der Waals surface area (Å²) in [4.78, 5) is 25.7. The molecule has 0 atom stereocenters. The van der Waals surface area contributed by atoms with Crippen molar-refractivity contribution in [2.75, 3.05) is 7.11 Å². The molecule has 4 rings (SSSR count). The fourth-order valence-electron chi connectivity index (χ4n) is 3.10. The van der Waals surface area contributed by atoms with Crippen LogP contribution in [0.3, 0.4) is 0 Å². The maximum atomic E-state index is 13.0. The van der Waals surface area contributed by atoms with E-state index in [0.717, 1.165) is 7.11 Å². The third kappa shape index (κ3) is 2.90. The minimum absolute atomic E-state index is 0.0161. The maximum absolute atomic E-state index is 13.0. The first-order chi connectivity index (χ1) is 13.4. The smallest absolute Gasteiger partial charge is 0.296 e. The molecule has 1 aliphatic rings. The lowest BCUT2D eigenvalue weighted by Gasteiger charge is -2.20. The van der Waals surface area contributed by atoms with Crippen molar-refractivity contribution >= 4 is 21.7 Å². The van der Waals surface area contributed by atoms with Gasteiger partial charge in [0.1, 0.15) is 11.5 Å². The number of rotatable bonds is 4. The number of fused-ring (bicyclic) bond motifs is 2. The lowest BCUT2D eigenvalue weighted by Crippen LogP contribution is -2.21. The molecule has 3 aromatic carbocycles. The van der Waals surface area contributed by atoms with Gasteiger partial charge in [-0.15, -0.1) is 0 Å². The van der Waals surface area contributed by atoms with Crippen LogP contribution >= 0.6 is 0 Å². The zero-order valence-corrected chi connectivity index (χ0v) is 15.5. The highest BCUT2D eigenvalue weighted by Crippen LogP contribution is 2.35. The van der Waals surface area contributed by atoms with Gasteiger partial charge in [0.05, 0.1) is 17.6 Å². The summed E-state index contributed by atoms with van der Waals surface area (Å²) in [5, 5.41) is 0. The van der Waals surface area contributed by atoms with E-state index >= 15 is 0 Å². The average Bonchev–Trinajstić information content (AvgIpc) is 2.72. The van der Waals surface area contributed by atoms with Gasteiger partial charge >= 0.3 is 0 Å². The highest BCUT2D eigenvalue weighted by molar-refractivity contribution is 7.86. The summed E-state index contributed by atoms with van der Waals surface area (Å²) in [6.07, 6.45) is 0. The normalized spacial score (nSPS) is 13.0. The Morgan fingerprint density at radius 2 is 1.32 bits per heavy atom. The van der Waals surface area contributed by atoms with E-state index < -0.39 is 10.1 Å². The van der Waals surface area contributed by atoms with E-state index in [1.807, 2.05) is 0 Å². The second kappa shape index (κ2) is 6.70. The molecule has 0 amide bonds. The Morgan fingerprint density at radius 3 is 1.96 bits per heavy atom. The summed E-state index contributed by atoms with van der Waals surface area (Å²) in [6.45, 7) is 0. The van der Waals surface area contributed by atoms with Crippen LogP contribution in [0.25, 0.3) is 0 Å². The first kappa shape index (κ1) is 18.1. The van der Waals surface area contributed by atoms with Crippen molar-refractivity contribution in [3.63, 3.8) is 0 Å². The van der Waals surface area contributed by atoms with E-state index in [2.05, 4.69) is 4.18 Å². The molecule has 0 saturated carbocycles. The molecule has 0 spiro atoms. The number of hydrogen-bond acceptors (Lipinski definition) is 6. The maximum Gasteiger partial charge on any atom is 0.296 e. The molecule has 28 heavy (non-hydrogen) atoms. The Labute approximate surface area is 161 Å². The molecule has 0 radical (unpaired) electrons. The zero-order valence-electron chi connectivity index (χ0n) is 14.7. The molecule has 0 aliphatic heterocycles. The largest absolute Gasteiger partial charge is 0.457 e. The summed E-state index contributed by atoms with van der Waals surface area (Å²) in [7, 11) is -2.73. The summed E-state index contributed by atoms with van der Waals surface area (Å²) in [5.74, 6) is 0.0202. The highest BCUT2D eigenvalue weighted by Gasteiger charge is 2.32. The minimum atomic E-state index is -3.81. The van der Waals surface area contributed by atoms with Gasteiger partial charge in [-0.1, -0.05) is 36.4 Å². The van der Waals surface area contributed by atoms with Crippen LogP contribution in [0.1, 0.15) is 31.8 Å². The highest BCUT2D eigenvalue weighted by atomic mass is 32.2. The zero-order chi connectivity index (χ0) is 19.9. The van der Waals surface area contributed by atoms with Crippen molar-refractivity contribution < 1.29 is 26.9 Å². The molecule has 0 heterocycles. The van der Waals surface area contributed by atoms with Crippen molar-refractivity contribution in [2.24, 2.45) is 0 Å². The Hall–Kier alpha value is -3.29. The van der Waals surface area contributed by atoms with Crippen molar-refractivity contribution in [3.05, 3.63) is 89.0 Å². The fraction of sp³-hybridized carbons (Fsp3) is 0.0476. The van der Waals surface area contributed by atoms with Gasteiger partial charge in [-0.25, -0.2) is 0 Å². The third-order valence-electron chi connectivity index (χ3n) is 4.47. The predicted octanol–water partition coefficient (Wildman–Crippen LogP) is 3.59. The van der Waals surface area contributed by atoms with Gasteiger partial charge in [0.2, 0.25) is 0 Å². The predicted molar refractivity (Wildman–Crippen MR) is 100 cm³/mol. The number of carbonyl (C=O) groups excluding carboxylic acids is 2. The van der Waals surface area contributed by atoms with Gasteiger partial charge < -0.3 is 4.74 Å². The van der Waals surface area contributed by atoms with E-state index in [9.17, 15) is 18.0 Å². The second-order valence-electron chi connectivity index (χ2n) is 6.08. The number of ketones is 2. The van der Waals surface area contributed by atoms with Gasteiger partial charge in [-0.2, -0.15) is 8.42 Å². The Morgan fingerprint density at radius 1 is 0.714 bits per heavy atom. The van der Waals surface area contributed by atoms with Crippen molar-refractivity contribution in [2.45, 2.75) is 4.90 Å². The van der Waals surface area contributed by atoms with Gasteiger partial charge in [0.15, 0.2) is 11.6 Å². The lowest BCUT2D eigenvalue weighted by atomic mass is 9.83. The van der Waals surface area contributed by atoms with Crippen LogP contribution in [-0.4, -0.2) is 27.1 Å². The molecule has 3 aromatic rings. The van der Waals surface area contributed by atoms with Crippen LogP contribution in [0.2, 0.25) is 0 Å². The standard InChI is InChI=1S/C21H14O6S/c1-26-28(24,25)14-11-9-13(10-12-14)27-18-8-4-7-17-19(18)21(23)16-6-3-2-5-15(16)20(17)22/h2-12H,1H3.